The molecule has 7 nitrogen and oxygen atoms in total. The van der Waals surface area contributed by atoms with Gasteiger partial charge in [0.05, 0.1) is 19.1 Å². The highest BCUT2D eigenvalue weighted by Crippen LogP contribution is 2.21. The predicted molar refractivity (Wildman–Crippen MR) is 128 cm³/mol. The summed E-state index contributed by atoms with van der Waals surface area (Å²) in [5.74, 6) is 1.44. The van der Waals surface area contributed by atoms with E-state index in [0.29, 0.717) is 51.1 Å². The van der Waals surface area contributed by atoms with Gasteiger partial charge in [0.1, 0.15) is 30.8 Å². The number of hydrogen-bond donors (Lipinski definition) is 3. The molecule has 3 rings (SSSR count). The van der Waals surface area contributed by atoms with E-state index in [4.69, 9.17) is 14.2 Å². The number of hydrogen-bond acceptors (Lipinski definition) is 6. The zero-order chi connectivity index (χ0) is 23.1. The Hall–Kier alpha value is -2.61. The van der Waals surface area contributed by atoms with Crippen molar-refractivity contribution in [2.75, 3.05) is 39.5 Å². The van der Waals surface area contributed by atoms with Crippen LogP contribution in [0.25, 0.3) is 0 Å². The van der Waals surface area contributed by atoms with Crippen LogP contribution in [0, 0.1) is 0 Å². The van der Waals surface area contributed by atoms with Gasteiger partial charge in [-0.15, -0.1) is 0 Å². The fraction of sp³-hybridized carbons (Fsp3) is 0.500. The minimum absolute atomic E-state index is 0.0133. The molecule has 1 atom stereocenters. The third-order valence-electron chi connectivity index (χ3n) is 5.49. The van der Waals surface area contributed by atoms with Crippen molar-refractivity contribution in [1.82, 2.24) is 10.6 Å². The third kappa shape index (κ3) is 10.2. The zero-order valence-corrected chi connectivity index (χ0v) is 19.2. The molecule has 2 aromatic rings. The molecule has 2 aromatic carbocycles. The fourth-order valence-electron chi connectivity index (χ4n) is 3.72. The summed E-state index contributed by atoms with van der Waals surface area (Å²) in [5, 5.41) is 16.1. The molecule has 0 heterocycles. The molecule has 0 saturated heterocycles. The summed E-state index contributed by atoms with van der Waals surface area (Å²) in [7, 11) is 0. The van der Waals surface area contributed by atoms with Crippen molar-refractivity contribution in [2.24, 2.45) is 0 Å². The summed E-state index contributed by atoms with van der Waals surface area (Å²) in [6, 6.07) is 17.0. The van der Waals surface area contributed by atoms with Crippen LogP contribution >= 0.6 is 0 Å². The highest BCUT2D eigenvalue weighted by atomic mass is 16.5. The number of amides is 1. The van der Waals surface area contributed by atoms with Crippen molar-refractivity contribution < 1.29 is 24.1 Å². The van der Waals surface area contributed by atoms with Gasteiger partial charge in [0, 0.05) is 19.6 Å². The Morgan fingerprint density at radius 2 is 1.64 bits per heavy atom. The molecule has 0 aliphatic heterocycles. The Morgan fingerprint density at radius 3 is 2.36 bits per heavy atom. The summed E-state index contributed by atoms with van der Waals surface area (Å²) in [5.41, 5.74) is 0.989. The lowest BCUT2D eigenvalue weighted by Crippen LogP contribution is -2.37. The minimum Gasteiger partial charge on any atom is -0.491 e. The summed E-state index contributed by atoms with van der Waals surface area (Å²) in [6.45, 7) is 2.80. The molecule has 0 spiro atoms. The van der Waals surface area contributed by atoms with Gasteiger partial charge in [-0.05, 0) is 42.7 Å². The van der Waals surface area contributed by atoms with E-state index in [9.17, 15) is 9.90 Å². The molecule has 1 saturated carbocycles. The number of nitrogens with one attached hydrogen (secondary N) is 2. The Kier molecular flexibility index (Phi) is 11.0. The SMILES string of the molecule is O=C(Cc1ccccc1)NCCNCC(O)COc1ccc(OCCOC2CCCC2)cc1. The first-order valence-electron chi connectivity index (χ1n) is 11.9. The van der Waals surface area contributed by atoms with E-state index in [1.165, 1.54) is 25.7 Å². The van der Waals surface area contributed by atoms with Gasteiger partial charge < -0.3 is 30.0 Å². The lowest BCUT2D eigenvalue weighted by Gasteiger charge is -2.14. The second-order valence-corrected chi connectivity index (χ2v) is 8.28. The molecule has 33 heavy (non-hydrogen) atoms. The molecule has 1 aliphatic carbocycles. The second kappa shape index (κ2) is 14.5. The maximum atomic E-state index is 11.9. The van der Waals surface area contributed by atoms with Gasteiger partial charge in [-0.2, -0.15) is 0 Å². The van der Waals surface area contributed by atoms with Gasteiger partial charge in [-0.25, -0.2) is 0 Å². The number of aliphatic hydroxyl groups excluding tert-OH is 1. The van der Waals surface area contributed by atoms with Crippen LogP contribution in [0.4, 0.5) is 0 Å². The van der Waals surface area contributed by atoms with Crippen LogP contribution in [0.2, 0.25) is 0 Å². The topological polar surface area (TPSA) is 89.1 Å². The standard InChI is InChI=1S/C26H36N2O5/c29-22(19-27-14-15-28-26(30)18-21-6-2-1-3-7-21)20-33-25-12-10-24(11-13-25)32-17-16-31-23-8-4-5-9-23/h1-3,6-7,10-13,22-23,27,29H,4-5,8-9,14-20H2,(H,28,30). The Morgan fingerprint density at radius 1 is 0.939 bits per heavy atom. The van der Waals surface area contributed by atoms with E-state index in [2.05, 4.69) is 10.6 Å². The summed E-state index contributed by atoms with van der Waals surface area (Å²) < 4.78 is 17.1. The number of rotatable bonds is 15. The normalized spacial score (nSPS) is 14.7. The minimum atomic E-state index is -0.645. The van der Waals surface area contributed by atoms with Gasteiger partial charge >= 0.3 is 0 Å². The summed E-state index contributed by atoms with van der Waals surface area (Å²) >= 11 is 0. The summed E-state index contributed by atoms with van der Waals surface area (Å²) in [6.07, 6.45) is 5.00. The molecule has 1 aliphatic rings. The molecule has 7 heteroatoms. The lowest BCUT2D eigenvalue weighted by atomic mass is 10.1. The first-order valence-corrected chi connectivity index (χ1v) is 11.9. The Balaban J connectivity index is 1.19. The number of benzene rings is 2. The maximum Gasteiger partial charge on any atom is 0.224 e. The highest BCUT2D eigenvalue weighted by Gasteiger charge is 2.14. The van der Waals surface area contributed by atoms with Crippen molar-refractivity contribution in [3.63, 3.8) is 0 Å². The third-order valence-corrected chi connectivity index (χ3v) is 5.49. The highest BCUT2D eigenvalue weighted by molar-refractivity contribution is 5.78. The summed E-state index contributed by atoms with van der Waals surface area (Å²) in [4.78, 5) is 11.9. The van der Waals surface area contributed by atoms with Crippen molar-refractivity contribution in [3.05, 3.63) is 60.2 Å². The molecule has 180 valence electrons. The van der Waals surface area contributed by atoms with Gasteiger partial charge in [0.2, 0.25) is 5.91 Å². The first-order chi connectivity index (χ1) is 16.2. The smallest absolute Gasteiger partial charge is 0.224 e. The predicted octanol–water partition coefficient (Wildman–Crippen LogP) is 2.71. The van der Waals surface area contributed by atoms with Crippen molar-refractivity contribution in [1.29, 1.82) is 0 Å². The molecule has 3 N–H and O–H groups in total. The number of carbonyl (C=O) groups excluding carboxylic acids is 1. The van der Waals surface area contributed by atoms with Crippen LogP contribution in [0.15, 0.2) is 54.6 Å². The molecular weight excluding hydrogens is 420 g/mol. The van der Waals surface area contributed by atoms with Gasteiger partial charge in [-0.3, -0.25) is 4.79 Å². The molecule has 1 unspecified atom stereocenters. The van der Waals surface area contributed by atoms with Crippen molar-refractivity contribution >= 4 is 5.91 Å². The van der Waals surface area contributed by atoms with Crippen LogP contribution in [-0.2, 0) is 16.0 Å². The molecule has 0 aromatic heterocycles. The van der Waals surface area contributed by atoms with Gasteiger partial charge in [-0.1, -0.05) is 43.2 Å². The Labute approximate surface area is 196 Å². The fourth-order valence-corrected chi connectivity index (χ4v) is 3.72. The zero-order valence-electron chi connectivity index (χ0n) is 19.2. The van der Waals surface area contributed by atoms with E-state index in [0.717, 1.165) is 11.3 Å². The molecule has 1 amide bonds. The van der Waals surface area contributed by atoms with Crippen molar-refractivity contribution in [2.45, 2.75) is 44.3 Å². The van der Waals surface area contributed by atoms with Crippen LogP contribution < -0.4 is 20.1 Å². The second-order valence-electron chi connectivity index (χ2n) is 8.28. The van der Waals surface area contributed by atoms with E-state index in [1.807, 2.05) is 54.6 Å². The largest absolute Gasteiger partial charge is 0.491 e. The van der Waals surface area contributed by atoms with Gasteiger partial charge in [0.25, 0.3) is 0 Å². The van der Waals surface area contributed by atoms with E-state index < -0.39 is 6.10 Å². The van der Waals surface area contributed by atoms with Crippen LogP contribution in [0.1, 0.15) is 31.2 Å². The monoisotopic (exact) mass is 456 g/mol. The van der Waals surface area contributed by atoms with Gasteiger partial charge in [0.15, 0.2) is 0 Å². The first kappa shape index (κ1) is 25.0. The molecular formula is C26H36N2O5. The Bertz CT molecular complexity index is 794. The number of carbonyl (C=O) groups is 1. The molecule has 1 fully saturated rings. The van der Waals surface area contributed by atoms with Crippen molar-refractivity contribution in [3.8, 4) is 11.5 Å². The van der Waals surface area contributed by atoms with E-state index >= 15 is 0 Å². The average Bonchev–Trinajstić information content (AvgIpc) is 3.35. The molecule has 0 bridgehead atoms. The van der Waals surface area contributed by atoms with Crippen LogP contribution in [0.3, 0.4) is 0 Å². The van der Waals surface area contributed by atoms with E-state index in [-0.39, 0.29) is 12.5 Å². The average molecular weight is 457 g/mol. The quantitative estimate of drug-likeness (QED) is 0.357. The lowest BCUT2D eigenvalue weighted by molar-refractivity contribution is -0.120. The number of aliphatic hydroxyl groups is 1. The van der Waals surface area contributed by atoms with E-state index in [1.54, 1.807) is 0 Å². The van der Waals surface area contributed by atoms with Crippen LogP contribution in [0.5, 0.6) is 11.5 Å². The number of ether oxygens (including phenoxy) is 3. The van der Waals surface area contributed by atoms with Crippen LogP contribution in [-0.4, -0.2) is 62.7 Å². The molecule has 0 radical (unpaired) electrons. The maximum absolute atomic E-state index is 11.9.